The van der Waals surface area contributed by atoms with Crippen LogP contribution in [0.25, 0.3) is 0 Å². The maximum atomic E-state index is 12.5. The summed E-state index contributed by atoms with van der Waals surface area (Å²) in [6.45, 7) is 1.85. The van der Waals surface area contributed by atoms with Crippen LogP contribution >= 0.6 is 11.6 Å². The molecule has 2 rings (SSSR count). The fourth-order valence-electron chi connectivity index (χ4n) is 2.32. The van der Waals surface area contributed by atoms with Crippen LogP contribution < -0.4 is 10.6 Å². The second-order valence-corrected chi connectivity index (χ2v) is 6.07. The third kappa shape index (κ3) is 5.01. The van der Waals surface area contributed by atoms with E-state index in [0.29, 0.717) is 24.6 Å². The first kappa shape index (κ1) is 20.8. The van der Waals surface area contributed by atoms with Crippen LogP contribution in [0.4, 0.5) is 22.7 Å². The van der Waals surface area contributed by atoms with E-state index in [1.54, 1.807) is 6.07 Å². The standard InChI is InChI=1S/C17H15ClN4O6/c1-2-3-16(23)19-10-4-7-13(18)14(8-10)20-17(24)12-6-5-11(21(25)26)9-15(12)22(27)28/h4-9H,2-3H2,1H3,(H,19,23)(H,20,24). The maximum Gasteiger partial charge on any atom is 0.289 e. The van der Waals surface area contributed by atoms with Gasteiger partial charge < -0.3 is 10.6 Å². The summed E-state index contributed by atoms with van der Waals surface area (Å²) in [4.78, 5) is 44.5. The highest BCUT2D eigenvalue weighted by atomic mass is 35.5. The molecule has 0 aromatic heterocycles. The Labute approximate surface area is 163 Å². The molecule has 0 saturated carbocycles. The summed E-state index contributed by atoms with van der Waals surface area (Å²) in [5, 5.41) is 27.2. The zero-order valence-electron chi connectivity index (χ0n) is 14.6. The van der Waals surface area contributed by atoms with Gasteiger partial charge in [-0.3, -0.25) is 29.8 Å². The SMILES string of the molecule is CCCC(=O)Nc1ccc(Cl)c(NC(=O)c2ccc([N+](=O)[O-])cc2[N+](=O)[O-])c1. The zero-order valence-corrected chi connectivity index (χ0v) is 15.4. The van der Waals surface area contributed by atoms with E-state index in [2.05, 4.69) is 10.6 Å². The lowest BCUT2D eigenvalue weighted by molar-refractivity contribution is -0.394. The van der Waals surface area contributed by atoms with Gasteiger partial charge in [-0.15, -0.1) is 0 Å². The van der Waals surface area contributed by atoms with Gasteiger partial charge in [-0.1, -0.05) is 18.5 Å². The van der Waals surface area contributed by atoms with Gasteiger partial charge in [-0.25, -0.2) is 0 Å². The molecule has 0 unspecified atom stereocenters. The summed E-state index contributed by atoms with van der Waals surface area (Å²) >= 11 is 6.04. The minimum atomic E-state index is -0.884. The van der Waals surface area contributed by atoms with Gasteiger partial charge >= 0.3 is 0 Å². The van der Waals surface area contributed by atoms with Crippen LogP contribution in [-0.2, 0) is 4.79 Å². The van der Waals surface area contributed by atoms with Crippen LogP contribution in [0.1, 0.15) is 30.1 Å². The lowest BCUT2D eigenvalue weighted by Crippen LogP contribution is -2.15. The number of benzene rings is 2. The number of hydrogen-bond acceptors (Lipinski definition) is 6. The van der Waals surface area contributed by atoms with Crippen LogP contribution in [0.15, 0.2) is 36.4 Å². The summed E-state index contributed by atoms with van der Waals surface area (Å²) in [6.07, 6.45) is 0.978. The molecule has 0 aliphatic heterocycles. The van der Waals surface area contributed by atoms with Gasteiger partial charge in [0.05, 0.1) is 26.6 Å². The molecule has 0 spiro atoms. The minimum Gasteiger partial charge on any atom is -0.326 e. The average molecular weight is 407 g/mol. The number of halogens is 1. The first-order valence-corrected chi connectivity index (χ1v) is 8.44. The first-order chi connectivity index (χ1) is 13.2. The molecule has 2 aromatic carbocycles. The average Bonchev–Trinajstić information content (AvgIpc) is 2.64. The molecule has 2 amide bonds. The van der Waals surface area contributed by atoms with E-state index in [1.165, 1.54) is 12.1 Å². The molecule has 0 bridgehead atoms. The molecule has 2 aromatic rings. The van der Waals surface area contributed by atoms with E-state index in [4.69, 9.17) is 11.6 Å². The maximum absolute atomic E-state index is 12.5. The molecule has 28 heavy (non-hydrogen) atoms. The largest absolute Gasteiger partial charge is 0.326 e. The number of nitro groups is 2. The van der Waals surface area contributed by atoms with Crippen molar-refractivity contribution in [1.29, 1.82) is 0 Å². The van der Waals surface area contributed by atoms with Crippen LogP contribution in [0, 0.1) is 20.2 Å². The molecule has 0 radical (unpaired) electrons. The Kier molecular flexibility index (Phi) is 6.61. The Morgan fingerprint density at radius 2 is 1.75 bits per heavy atom. The van der Waals surface area contributed by atoms with E-state index in [1.807, 2.05) is 6.92 Å². The second kappa shape index (κ2) is 8.91. The summed E-state index contributed by atoms with van der Waals surface area (Å²) in [6, 6.07) is 7.09. The predicted octanol–water partition coefficient (Wildman–Crippen LogP) is 4.15. The quantitative estimate of drug-likeness (QED) is 0.521. The number of nitrogens with one attached hydrogen (secondary N) is 2. The molecule has 0 atom stereocenters. The predicted molar refractivity (Wildman–Crippen MR) is 103 cm³/mol. The molecule has 0 saturated heterocycles. The molecule has 11 heteroatoms. The van der Waals surface area contributed by atoms with Crippen molar-refractivity contribution in [3.05, 3.63) is 67.2 Å². The number of carbonyl (C=O) groups excluding carboxylic acids is 2. The number of nitro benzene ring substituents is 2. The molecular weight excluding hydrogens is 392 g/mol. The third-order valence-corrected chi connectivity index (χ3v) is 3.94. The number of hydrogen-bond donors (Lipinski definition) is 2. The highest BCUT2D eigenvalue weighted by Crippen LogP contribution is 2.29. The van der Waals surface area contributed by atoms with Crippen molar-refractivity contribution in [3.63, 3.8) is 0 Å². The van der Waals surface area contributed by atoms with Gasteiger partial charge in [-0.05, 0) is 30.7 Å². The van der Waals surface area contributed by atoms with Crippen LogP contribution in [-0.4, -0.2) is 21.7 Å². The number of nitrogens with zero attached hydrogens (tertiary/aromatic N) is 2. The smallest absolute Gasteiger partial charge is 0.289 e. The van der Waals surface area contributed by atoms with Crippen molar-refractivity contribution < 1.29 is 19.4 Å². The number of anilines is 2. The topological polar surface area (TPSA) is 144 Å². The van der Waals surface area contributed by atoms with Crippen molar-refractivity contribution in [1.82, 2.24) is 0 Å². The Hall–Kier alpha value is -3.53. The third-order valence-electron chi connectivity index (χ3n) is 3.61. The zero-order chi connectivity index (χ0) is 20.8. The molecule has 2 N–H and O–H groups in total. The van der Waals surface area contributed by atoms with E-state index >= 15 is 0 Å². The van der Waals surface area contributed by atoms with Gasteiger partial charge in [0.2, 0.25) is 5.91 Å². The van der Waals surface area contributed by atoms with E-state index in [0.717, 1.165) is 12.1 Å². The highest BCUT2D eigenvalue weighted by Gasteiger charge is 2.24. The van der Waals surface area contributed by atoms with E-state index in [9.17, 15) is 29.8 Å². The normalized spacial score (nSPS) is 10.2. The monoisotopic (exact) mass is 406 g/mol. The lowest BCUT2D eigenvalue weighted by Gasteiger charge is -2.11. The molecule has 10 nitrogen and oxygen atoms in total. The molecular formula is C17H15ClN4O6. The molecule has 0 heterocycles. The molecule has 0 aliphatic rings. The van der Waals surface area contributed by atoms with Crippen LogP contribution in [0.3, 0.4) is 0 Å². The van der Waals surface area contributed by atoms with Gasteiger partial charge in [0.15, 0.2) is 0 Å². The van der Waals surface area contributed by atoms with Crippen molar-refractivity contribution in [2.24, 2.45) is 0 Å². The summed E-state index contributed by atoms with van der Waals surface area (Å²) in [5.74, 6) is -1.09. The number of non-ortho nitro benzene ring substituents is 1. The van der Waals surface area contributed by atoms with Crippen LogP contribution in [0.5, 0.6) is 0 Å². The van der Waals surface area contributed by atoms with Gasteiger partial charge in [0.1, 0.15) is 5.56 Å². The fourth-order valence-corrected chi connectivity index (χ4v) is 2.48. The van der Waals surface area contributed by atoms with Crippen LogP contribution in [0.2, 0.25) is 5.02 Å². The molecule has 146 valence electrons. The Morgan fingerprint density at radius 3 is 2.36 bits per heavy atom. The minimum absolute atomic E-state index is 0.119. The Morgan fingerprint density at radius 1 is 1.04 bits per heavy atom. The van der Waals surface area contributed by atoms with Crippen molar-refractivity contribution in [3.8, 4) is 0 Å². The summed E-state index contributed by atoms with van der Waals surface area (Å²) < 4.78 is 0. The highest BCUT2D eigenvalue weighted by molar-refractivity contribution is 6.34. The van der Waals surface area contributed by atoms with Crippen molar-refractivity contribution in [2.75, 3.05) is 10.6 Å². The van der Waals surface area contributed by atoms with Crippen molar-refractivity contribution >= 4 is 46.2 Å². The van der Waals surface area contributed by atoms with Crippen molar-refractivity contribution in [2.45, 2.75) is 19.8 Å². The molecule has 0 aliphatic carbocycles. The second-order valence-electron chi connectivity index (χ2n) is 5.66. The van der Waals surface area contributed by atoms with E-state index in [-0.39, 0.29) is 22.2 Å². The number of rotatable bonds is 7. The summed E-state index contributed by atoms with van der Waals surface area (Å²) in [5.41, 5.74) is -1.09. The number of amides is 2. The Bertz CT molecular complexity index is 963. The number of carbonyl (C=O) groups is 2. The summed E-state index contributed by atoms with van der Waals surface area (Å²) in [7, 11) is 0. The molecule has 0 fully saturated rings. The van der Waals surface area contributed by atoms with E-state index < -0.39 is 27.1 Å². The lowest BCUT2D eigenvalue weighted by atomic mass is 10.1. The van der Waals surface area contributed by atoms with Gasteiger partial charge in [0, 0.05) is 18.2 Å². The first-order valence-electron chi connectivity index (χ1n) is 8.06. The van der Waals surface area contributed by atoms with Gasteiger partial charge in [-0.2, -0.15) is 0 Å². The fraction of sp³-hybridized carbons (Fsp3) is 0.176. The Balaban J connectivity index is 2.31. The van der Waals surface area contributed by atoms with Gasteiger partial charge in [0.25, 0.3) is 17.3 Å².